The fourth-order valence-corrected chi connectivity index (χ4v) is 1.84. The Labute approximate surface area is 109 Å². The van der Waals surface area contributed by atoms with E-state index >= 15 is 0 Å². The largest absolute Gasteiger partial charge is 0.294 e. The zero-order chi connectivity index (χ0) is 12.4. The number of rotatable bonds is 3. The van der Waals surface area contributed by atoms with Gasteiger partial charge in [0.05, 0.1) is 18.3 Å². The maximum atomic E-state index is 11.1. The molecular weight excluding hydrogens is 259 g/mol. The second kappa shape index (κ2) is 4.90. The summed E-state index contributed by atoms with van der Waals surface area (Å²) in [6.07, 6.45) is 3.24. The molecule has 0 saturated carbocycles. The lowest BCUT2D eigenvalue weighted by molar-refractivity contribution is 0.101. The van der Waals surface area contributed by atoms with Crippen molar-refractivity contribution in [3.05, 3.63) is 51.8 Å². The predicted octanol–water partition coefficient (Wildman–Crippen LogP) is 3.44. The zero-order valence-electron chi connectivity index (χ0n) is 9.15. The van der Waals surface area contributed by atoms with Crippen molar-refractivity contribution < 1.29 is 4.79 Å². The predicted molar refractivity (Wildman–Crippen MR) is 67.8 cm³/mol. The number of benzene rings is 1. The highest BCUT2D eigenvalue weighted by molar-refractivity contribution is 6.33. The molecule has 0 atom stereocenters. The van der Waals surface area contributed by atoms with Gasteiger partial charge >= 0.3 is 0 Å². The van der Waals surface area contributed by atoms with Crippen LogP contribution >= 0.6 is 23.2 Å². The molecule has 1 heterocycles. The van der Waals surface area contributed by atoms with Gasteiger partial charge < -0.3 is 0 Å². The molecule has 0 aliphatic carbocycles. The topological polar surface area (TPSA) is 34.9 Å². The van der Waals surface area contributed by atoms with Gasteiger partial charge in [0.15, 0.2) is 5.78 Å². The number of aromatic nitrogens is 2. The second-order valence-electron chi connectivity index (χ2n) is 3.72. The van der Waals surface area contributed by atoms with E-state index in [4.69, 9.17) is 23.2 Å². The van der Waals surface area contributed by atoms with E-state index in [0.717, 1.165) is 5.56 Å². The molecule has 0 aliphatic rings. The van der Waals surface area contributed by atoms with Gasteiger partial charge in [-0.15, -0.1) is 0 Å². The number of ketones is 1. The first-order valence-corrected chi connectivity index (χ1v) is 5.79. The number of nitrogens with zero attached hydrogens (tertiary/aromatic N) is 2. The monoisotopic (exact) mass is 268 g/mol. The van der Waals surface area contributed by atoms with Gasteiger partial charge in [0.2, 0.25) is 0 Å². The van der Waals surface area contributed by atoms with Gasteiger partial charge in [0.1, 0.15) is 0 Å². The van der Waals surface area contributed by atoms with Crippen LogP contribution in [0, 0.1) is 0 Å². The Hall–Kier alpha value is -1.32. The lowest BCUT2D eigenvalue weighted by atomic mass is 10.2. The molecule has 0 fully saturated rings. The molecule has 0 spiro atoms. The molecule has 1 aromatic carbocycles. The van der Waals surface area contributed by atoms with E-state index in [1.807, 2.05) is 0 Å². The minimum absolute atomic E-state index is 0.00607. The Morgan fingerprint density at radius 3 is 2.82 bits per heavy atom. The number of Topliss-reactive ketones (excluding diaryl/α,β-unsaturated/α-hetero) is 1. The van der Waals surface area contributed by atoms with Crippen molar-refractivity contribution in [2.75, 3.05) is 0 Å². The van der Waals surface area contributed by atoms with Crippen LogP contribution in [0.2, 0.25) is 10.0 Å². The smallest absolute Gasteiger partial charge is 0.162 e. The molecule has 5 heteroatoms. The van der Waals surface area contributed by atoms with E-state index in [0.29, 0.717) is 22.2 Å². The van der Waals surface area contributed by atoms with Crippen molar-refractivity contribution in [1.82, 2.24) is 9.78 Å². The van der Waals surface area contributed by atoms with Gasteiger partial charge in [-0.2, -0.15) is 5.10 Å². The normalized spacial score (nSPS) is 10.5. The van der Waals surface area contributed by atoms with E-state index < -0.39 is 0 Å². The Morgan fingerprint density at radius 1 is 1.41 bits per heavy atom. The molecule has 3 nitrogen and oxygen atoms in total. The molecule has 0 saturated heterocycles. The molecule has 2 rings (SSSR count). The highest BCUT2D eigenvalue weighted by Gasteiger charge is 2.06. The van der Waals surface area contributed by atoms with Gasteiger partial charge in [0.25, 0.3) is 0 Å². The van der Waals surface area contributed by atoms with E-state index in [9.17, 15) is 4.79 Å². The van der Waals surface area contributed by atoms with Crippen molar-refractivity contribution in [2.24, 2.45) is 0 Å². The Balaban J connectivity index is 2.25. The number of carbonyl (C=O) groups is 1. The fourth-order valence-electron chi connectivity index (χ4n) is 1.47. The minimum Gasteiger partial charge on any atom is -0.294 e. The second-order valence-corrected chi connectivity index (χ2v) is 4.56. The molecule has 0 unspecified atom stereocenters. The first-order chi connectivity index (χ1) is 8.06. The standard InChI is InChI=1S/C12H10Cl2N2O/c1-8(17)10-5-15-16(7-10)6-9-4-11(13)2-3-12(9)14/h2-5,7H,6H2,1H3. The molecule has 0 aliphatic heterocycles. The maximum absolute atomic E-state index is 11.1. The van der Waals surface area contributed by atoms with E-state index in [-0.39, 0.29) is 5.78 Å². The number of hydrogen-bond donors (Lipinski definition) is 0. The van der Waals surface area contributed by atoms with Crippen molar-refractivity contribution in [3.63, 3.8) is 0 Å². The molecule has 0 bridgehead atoms. The van der Waals surface area contributed by atoms with Gasteiger partial charge in [-0.3, -0.25) is 9.48 Å². The molecule has 1 aromatic heterocycles. The fraction of sp³-hybridized carbons (Fsp3) is 0.167. The summed E-state index contributed by atoms with van der Waals surface area (Å²) in [5.41, 5.74) is 1.46. The SMILES string of the molecule is CC(=O)c1cnn(Cc2cc(Cl)ccc2Cl)c1. The number of hydrogen-bond acceptors (Lipinski definition) is 2. The summed E-state index contributed by atoms with van der Waals surface area (Å²) in [7, 11) is 0. The third kappa shape index (κ3) is 2.87. The average molecular weight is 269 g/mol. The molecule has 0 N–H and O–H groups in total. The highest BCUT2D eigenvalue weighted by atomic mass is 35.5. The van der Waals surface area contributed by atoms with Crippen LogP contribution in [-0.2, 0) is 6.54 Å². The minimum atomic E-state index is -0.00607. The first kappa shape index (κ1) is 12.1. The van der Waals surface area contributed by atoms with Crippen LogP contribution in [0.4, 0.5) is 0 Å². The summed E-state index contributed by atoms with van der Waals surface area (Å²) >= 11 is 11.9. The zero-order valence-corrected chi connectivity index (χ0v) is 10.7. The van der Waals surface area contributed by atoms with Gasteiger partial charge in [-0.05, 0) is 30.7 Å². The Kier molecular flexibility index (Phi) is 3.50. The highest BCUT2D eigenvalue weighted by Crippen LogP contribution is 2.21. The van der Waals surface area contributed by atoms with Crippen LogP contribution in [0.5, 0.6) is 0 Å². The molecule has 88 valence electrons. The average Bonchev–Trinajstić information content (AvgIpc) is 2.72. The van der Waals surface area contributed by atoms with Crippen LogP contribution in [0.25, 0.3) is 0 Å². The maximum Gasteiger partial charge on any atom is 0.162 e. The summed E-state index contributed by atoms with van der Waals surface area (Å²) in [5, 5.41) is 5.36. The molecule has 2 aromatic rings. The number of halogens is 2. The first-order valence-electron chi connectivity index (χ1n) is 5.03. The van der Waals surface area contributed by atoms with Gasteiger partial charge in [-0.25, -0.2) is 0 Å². The third-order valence-electron chi connectivity index (χ3n) is 2.38. The summed E-state index contributed by atoms with van der Waals surface area (Å²) in [4.78, 5) is 11.1. The summed E-state index contributed by atoms with van der Waals surface area (Å²) in [5.74, 6) is -0.00607. The quantitative estimate of drug-likeness (QED) is 0.800. The Morgan fingerprint density at radius 2 is 2.18 bits per heavy atom. The molecule has 0 radical (unpaired) electrons. The van der Waals surface area contributed by atoms with Crippen molar-refractivity contribution in [1.29, 1.82) is 0 Å². The van der Waals surface area contributed by atoms with Crippen LogP contribution in [0.15, 0.2) is 30.6 Å². The van der Waals surface area contributed by atoms with Crippen molar-refractivity contribution in [3.8, 4) is 0 Å². The lowest BCUT2D eigenvalue weighted by Gasteiger charge is -2.04. The van der Waals surface area contributed by atoms with Crippen molar-refractivity contribution >= 4 is 29.0 Å². The van der Waals surface area contributed by atoms with Gasteiger partial charge in [0, 0.05) is 16.2 Å². The summed E-state index contributed by atoms with van der Waals surface area (Å²) in [6.45, 7) is 2.00. The molecule has 0 amide bonds. The molecular formula is C12H10Cl2N2O. The molecule has 17 heavy (non-hydrogen) atoms. The summed E-state index contributed by atoms with van der Waals surface area (Å²) < 4.78 is 1.66. The summed E-state index contributed by atoms with van der Waals surface area (Å²) in [6, 6.07) is 5.27. The lowest BCUT2D eigenvalue weighted by Crippen LogP contribution is -2.00. The third-order valence-corrected chi connectivity index (χ3v) is 2.98. The Bertz CT molecular complexity index is 563. The van der Waals surface area contributed by atoms with E-state index in [1.165, 1.54) is 6.92 Å². The van der Waals surface area contributed by atoms with Crippen LogP contribution in [-0.4, -0.2) is 15.6 Å². The van der Waals surface area contributed by atoms with Crippen LogP contribution < -0.4 is 0 Å². The number of carbonyl (C=O) groups excluding carboxylic acids is 1. The van der Waals surface area contributed by atoms with E-state index in [1.54, 1.807) is 35.3 Å². The van der Waals surface area contributed by atoms with Crippen LogP contribution in [0.1, 0.15) is 22.8 Å². The van der Waals surface area contributed by atoms with Crippen LogP contribution in [0.3, 0.4) is 0 Å². The van der Waals surface area contributed by atoms with Crippen molar-refractivity contribution in [2.45, 2.75) is 13.5 Å². The van der Waals surface area contributed by atoms with Gasteiger partial charge in [-0.1, -0.05) is 23.2 Å². The van der Waals surface area contributed by atoms with E-state index in [2.05, 4.69) is 5.10 Å².